The molecule has 17 heavy (non-hydrogen) atoms. The topological polar surface area (TPSA) is 55.8 Å². The Morgan fingerprint density at radius 3 is 2.65 bits per heavy atom. The minimum atomic E-state index is -1.40. The Kier molecular flexibility index (Phi) is 2.62. The number of benzene rings is 1. The van der Waals surface area contributed by atoms with Gasteiger partial charge >= 0.3 is 5.97 Å². The molecule has 0 saturated carbocycles. The van der Waals surface area contributed by atoms with Gasteiger partial charge in [0.05, 0.1) is 6.61 Å². The SMILES string of the molecule is CCOC(=O)C1(C)Oc2ccccc2C1(C)O. The summed E-state index contributed by atoms with van der Waals surface area (Å²) < 4.78 is 10.6. The van der Waals surface area contributed by atoms with Gasteiger partial charge in [0.2, 0.25) is 5.60 Å². The number of hydrogen-bond donors (Lipinski definition) is 1. The van der Waals surface area contributed by atoms with Crippen LogP contribution in [0.2, 0.25) is 0 Å². The second kappa shape index (κ2) is 3.74. The molecular weight excluding hydrogens is 220 g/mol. The quantitative estimate of drug-likeness (QED) is 0.792. The minimum absolute atomic E-state index is 0.254. The third-order valence-electron chi connectivity index (χ3n) is 3.32. The van der Waals surface area contributed by atoms with Crippen LogP contribution in [-0.2, 0) is 15.1 Å². The third kappa shape index (κ3) is 1.52. The van der Waals surface area contributed by atoms with Crippen molar-refractivity contribution in [2.45, 2.75) is 32.0 Å². The predicted octanol–water partition coefficient (Wildman–Crippen LogP) is 1.61. The summed E-state index contributed by atoms with van der Waals surface area (Å²) in [4.78, 5) is 11.9. The molecule has 0 amide bonds. The fourth-order valence-corrected chi connectivity index (χ4v) is 2.04. The van der Waals surface area contributed by atoms with Crippen LogP contribution in [-0.4, -0.2) is 23.3 Å². The first-order valence-electron chi connectivity index (χ1n) is 5.61. The van der Waals surface area contributed by atoms with E-state index >= 15 is 0 Å². The number of rotatable bonds is 2. The number of aliphatic hydroxyl groups is 1. The van der Waals surface area contributed by atoms with Gasteiger partial charge in [0.15, 0.2) is 0 Å². The summed E-state index contributed by atoms with van der Waals surface area (Å²) in [5, 5.41) is 10.5. The molecule has 1 aromatic carbocycles. The van der Waals surface area contributed by atoms with Gasteiger partial charge < -0.3 is 14.6 Å². The van der Waals surface area contributed by atoms with E-state index in [9.17, 15) is 9.90 Å². The number of fused-ring (bicyclic) bond motifs is 1. The maximum atomic E-state index is 11.9. The van der Waals surface area contributed by atoms with Crippen molar-refractivity contribution >= 4 is 5.97 Å². The highest BCUT2D eigenvalue weighted by Gasteiger charge is 2.59. The molecule has 0 fully saturated rings. The summed E-state index contributed by atoms with van der Waals surface area (Å²) in [6, 6.07) is 7.08. The molecule has 0 aliphatic carbocycles. The molecule has 1 N–H and O–H groups in total. The van der Waals surface area contributed by atoms with Gasteiger partial charge in [0.25, 0.3) is 0 Å². The first-order chi connectivity index (χ1) is 7.93. The lowest BCUT2D eigenvalue weighted by Crippen LogP contribution is -2.54. The van der Waals surface area contributed by atoms with Crippen LogP contribution in [0.25, 0.3) is 0 Å². The average Bonchev–Trinajstić information content (AvgIpc) is 2.49. The van der Waals surface area contributed by atoms with Gasteiger partial charge in [-0.3, -0.25) is 0 Å². The summed E-state index contributed by atoms with van der Waals surface area (Å²) in [5.74, 6) is -0.0331. The summed E-state index contributed by atoms with van der Waals surface area (Å²) in [6.45, 7) is 5.09. The van der Waals surface area contributed by atoms with E-state index in [2.05, 4.69) is 0 Å². The summed E-state index contributed by atoms with van der Waals surface area (Å²) in [7, 11) is 0. The van der Waals surface area contributed by atoms with Gasteiger partial charge in [-0.05, 0) is 26.8 Å². The van der Waals surface area contributed by atoms with E-state index in [1.54, 1.807) is 45.0 Å². The third-order valence-corrected chi connectivity index (χ3v) is 3.32. The van der Waals surface area contributed by atoms with E-state index in [1.807, 2.05) is 0 Å². The van der Waals surface area contributed by atoms with Gasteiger partial charge in [-0.2, -0.15) is 0 Å². The zero-order valence-corrected chi connectivity index (χ0v) is 10.2. The number of carbonyl (C=O) groups excluding carboxylic acids is 1. The van der Waals surface area contributed by atoms with Crippen molar-refractivity contribution in [2.75, 3.05) is 6.61 Å². The van der Waals surface area contributed by atoms with Crippen molar-refractivity contribution in [3.63, 3.8) is 0 Å². The zero-order chi connectivity index (χ0) is 12.7. The van der Waals surface area contributed by atoms with E-state index in [4.69, 9.17) is 9.47 Å². The molecule has 2 rings (SSSR count). The van der Waals surface area contributed by atoms with Crippen molar-refractivity contribution in [3.8, 4) is 5.75 Å². The highest BCUT2D eigenvalue weighted by Crippen LogP contribution is 2.47. The molecule has 1 aliphatic rings. The van der Waals surface area contributed by atoms with Crippen LogP contribution in [0.5, 0.6) is 5.75 Å². The number of para-hydroxylation sites is 1. The van der Waals surface area contributed by atoms with Crippen LogP contribution in [0.1, 0.15) is 26.3 Å². The molecule has 4 nitrogen and oxygen atoms in total. The van der Waals surface area contributed by atoms with E-state index in [0.29, 0.717) is 11.3 Å². The van der Waals surface area contributed by atoms with Gasteiger partial charge in [0.1, 0.15) is 11.4 Å². The van der Waals surface area contributed by atoms with E-state index in [0.717, 1.165) is 0 Å². The lowest BCUT2D eigenvalue weighted by Gasteiger charge is -2.32. The fraction of sp³-hybridized carbons (Fsp3) is 0.462. The van der Waals surface area contributed by atoms with Gasteiger partial charge in [0, 0.05) is 5.56 Å². The van der Waals surface area contributed by atoms with E-state index in [1.165, 1.54) is 0 Å². The Bertz CT molecular complexity index is 452. The predicted molar refractivity (Wildman–Crippen MR) is 61.7 cm³/mol. The Hall–Kier alpha value is -1.55. The van der Waals surface area contributed by atoms with Crippen LogP contribution in [0.3, 0.4) is 0 Å². The van der Waals surface area contributed by atoms with Crippen molar-refractivity contribution < 1.29 is 19.4 Å². The molecule has 1 aliphatic heterocycles. The lowest BCUT2D eigenvalue weighted by molar-refractivity contribution is -0.178. The van der Waals surface area contributed by atoms with E-state index < -0.39 is 17.2 Å². The number of ether oxygens (including phenoxy) is 2. The van der Waals surface area contributed by atoms with Gasteiger partial charge in [-0.25, -0.2) is 4.79 Å². The Morgan fingerprint density at radius 2 is 2.06 bits per heavy atom. The fourth-order valence-electron chi connectivity index (χ4n) is 2.04. The number of esters is 1. The smallest absolute Gasteiger partial charge is 0.353 e. The normalized spacial score (nSPS) is 30.6. The first kappa shape index (κ1) is 11.9. The molecule has 0 spiro atoms. The molecule has 1 heterocycles. The van der Waals surface area contributed by atoms with Crippen LogP contribution in [0, 0.1) is 0 Å². The Labute approximate surface area is 100 Å². The molecule has 0 radical (unpaired) electrons. The maximum absolute atomic E-state index is 11.9. The molecule has 4 heteroatoms. The highest BCUT2D eigenvalue weighted by molar-refractivity contribution is 5.83. The van der Waals surface area contributed by atoms with Crippen LogP contribution in [0.4, 0.5) is 0 Å². The van der Waals surface area contributed by atoms with Crippen molar-refractivity contribution in [1.82, 2.24) is 0 Å². The molecule has 2 unspecified atom stereocenters. The Morgan fingerprint density at radius 1 is 1.41 bits per heavy atom. The van der Waals surface area contributed by atoms with Crippen LogP contribution >= 0.6 is 0 Å². The first-order valence-corrected chi connectivity index (χ1v) is 5.61. The second-order valence-electron chi connectivity index (χ2n) is 4.42. The highest BCUT2D eigenvalue weighted by atomic mass is 16.6. The van der Waals surface area contributed by atoms with Crippen LogP contribution < -0.4 is 4.74 Å². The standard InChI is InChI=1S/C13H16O4/c1-4-16-11(14)13(3)12(2,15)9-7-5-6-8-10(9)17-13/h5-8,15H,4H2,1-3H3. The molecule has 2 atom stereocenters. The number of carbonyl (C=O) groups is 1. The van der Waals surface area contributed by atoms with Crippen molar-refractivity contribution in [1.29, 1.82) is 0 Å². The molecule has 0 saturated heterocycles. The average molecular weight is 236 g/mol. The summed E-state index contributed by atoms with van der Waals surface area (Å²) in [6.07, 6.45) is 0. The maximum Gasteiger partial charge on any atom is 0.353 e. The van der Waals surface area contributed by atoms with Crippen molar-refractivity contribution in [3.05, 3.63) is 29.8 Å². The Balaban J connectivity index is 2.45. The van der Waals surface area contributed by atoms with Crippen LogP contribution in [0.15, 0.2) is 24.3 Å². The number of hydrogen-bond acceptors (Lipinski definition) is 4. The lowest BCUT2D eigenvalue weighted by atomic mass is 9.82. The van der Waals surface area contributed by atoms with Gasteiger partial charge in [-0.1, -0.05) is 18.2 Å². The molecular formula is C13H16O4. The zero-order valence-electron chi connectivity index (χ0n) is 10.2. The molecule has 92 valence electrons. The second-order valence-corrected chi connectivity index (χ2v) is 4.42. The minimum Gasteiger partial charge on any atom is -0.472 e. The van der Waals surface area contributed by atoms with Gasteiger partial charge in [-0.15, -0.1) is 0 Å². The molecule has 1 aromatic rings. The summed E-state index contributed by atoms with van der Waals surface area (Å²) in [5.41, 5.74) is -2.18. The monoisotopic (exact) mass is 236 g/mol. The molecule has 0 aromatic heterocycles. The van der Waals surface area contributed by atoms with E-state index in [-0.39, 0.29) is 6.61 Å². The molecule has 0 bridgehead atoms. The van der Waals surface area contributed by atoms with Crippen molar-refractivity contribution in [2.24, 2.45) is 0 Å². The summed E-state index contributed by atoms with van der Waals surface area (Å²) >= 11 is 0. The largest absolute Gasteiger partial charge is 0.472 e.